The third kappa shape index (κ3) is 4.41. The van der Waals surface area contributed by atoms with Gasteiger partial charge in [0, 0.05) is 17.3 Å². The Morgan fingerprint density at radius 2 is 1.84 bits per heavy atom. The summed E-state index contributed by atoms with van der Waals surface area (Å²) in [7, 11) is -4.04. The van der Waals surface area contributed by atoms with E-state index in [-0.39, 0.29) is 39.7 Å². The van der Waals surface area contributed by atoms with Crippen molar-refractivity contribution in [2.24, 2.45) is 11.8 Å². The maximum absolute atomic E-state index is 13.7. The number of rotatable bonds is 6. The number of H-pyrrole nitrogens is 1. The highest BCUT2D eigenvalue weighted by Gasteiger charge is 2.59. The van der Waals surface area contributed by atoms with Crippen LogP contribution in [0.15, 0.2) is 47.5 Å². The molecule has 4 unspecified atom stereocenters. The fraction of sp³-hybridized carbons (Fsp3) is 0.375. The Morgan fingerprint density at radius 1 is 1.14 bits per heavy atom. The van der Waals surface area contributed by atoms with E-state index < -0.39 is 56.2 Å². The fourth-order valence-electron chi connectivity index (χ4n) is 5.64. The predicted octanol–water partition coefficient (Wildman–Crippen LogP) is 3.42. The van der Waals surface area contributed by atoms with Crippen molar-refractivity contribution in [3.8, 4) is 0 Å². The summed E-state index contributed by atoms with van der Waals surface area (Å²) >= 11 is 6.26. The maximum Gasteiger partial charge on any atom is 0.255 e. The van der Waals surface area contributed by atoms with Crippen molar-refractivity contribution in [3.05, 3.63) is 70.5 Å². The van der Waals surface area contributed by atoms with Crippen LogP contribution in [0.25, 0.3) is 0 Å². The molecule has 2 bridgehead atoms. The lowest BCUT2D eigenvalue weighted by Crippen LogP contribution is -2.52. The molecule has 37 heavy (non-hydrogen) atoms. The van der Waals surface area contributed by atoms with Gasteiger partial charge >= 0.3 is 0 Å². The van der Waals surface area contributed by atoms with Crippen molar-refractivity contribution in [3.63, 3.8) is 0 Å². The Hall–Kier alpha value is -2.93. The summed E-state index contributed by atoms with van der Waals surface area (Å²) in [5.41, 5.74) is -1.40. The monoisotopic (exact) mass is 552 g/mol. The van der Waals surface area contributed by atoms with E-state index in [9.17, 15) is 32.2 Å². The van der Waals surface area contributed by atoms with Crippen LogP contribution < -0.4 is 5.32 Å². The molecule has 0 radical (unpaired) electrons. The molecule has 2 aromatic carbocycles. The van der Waals surface area contributed by atoms with Crippen LogP contribution in [-0.2, 0) is 9.84 Å². The van der Waals surface area contributed by atoms with E-state index in [1.54, 1.807) is 0 Å². The van der Waals surface area contributed by atoms with Crippen molar-refractivity contribution >= 4 is 33.0 Å². The zero-order valence-electron chi connectivity index (χ0n) is 19.2. The molecule has 4 N–H and O–H groups in total. The Balaban J connectivity index is 1.39. The molecule has 0 saturated heterocycles. The van der Waals surface area contributed by atoms with Gasteiger partial charge in [-0.05, 0) is 67.9 Å². The quantitative estimate of drug-likeness (QED) is 0.366. The van der Waals surface area contributed by atoms with E-state index >= 15 is 0 Å². The van der Waals surface area contributed by atoms with Crippen LogP contribution >= 0.6 is 11.6 Å². The number of aromatic nitrogens is 3. The molecular weight excluding hydrogens is 530 g/mol. The summed E-state index contributed by atoms with van der Waals surface area (Å²) in [6.07, 6.45) is 1.25. The van der Waals surface area contributed by atoms with Gasteiger partial charge in [0.2, 0.25) is 0 Å². The number of carbonyl (C=O) groups excluding carboxylic acids is 1. The minimum absolute atomic E-state index is 0.00271. The molecule has 1 aromatic heterocycles. The predicted molar refractivity (Wildman–Crippen MR) is 128 cm³/mol. The number of fused-ring (bicyclic) bond motifs is 2. The van der Waals surface area contributed by atoms with E-state index in [2.05, 4.69) is 20.7 Å². The number of anilines is 1. The first-order valence-corrected chi connectivity index (χ1v) is 13.5. The molecule has 13 heteroatoms. The third-order valence-corrected chi connectivity index (χ3v) is 10.2. The van der Waals surface area contributed by atoms with Crippen LogP contribution in [0.5, 0.6) is 0 Å². The van der Waals surface area contributed by atoms with Gasteiger partial charge in [-0.3, -0.25) is 4.79 Å². The first-order valence-electron chi connectivity index (χ1n) is 11.6. The minimum Gasteiger partial charge on any atom is -0.386 e. The first-order chi connectivity index (χ1) is 17.5. The lowest BCUT2D eigenvalue weighted by Gasteiger charge is -2.44. The summed E-state index contributed by atoms with van der Waals surface area (Å²) < 4.78 is 54.0. The second-order valence-electron chi connectivity index (χ2n) is 9.52. The van der Waals surface area contributed by atoms with E-state index in [0.29, 0.717) is 12.8 Å². The highest BCUT2D eigenvalue weighted by atomic mass is 35.5. The van der Waals surface area contributed by atoms with Crippen LogP contribution in [0.2, 0.25) is 5.02 Å². The number of hydrogen-bond donors (Lipinski definition) is 4. The number of nitrogens with one attached hydrogen (secondary N) is 2. The van der Waals surface area contributed by atoms with Crippen LogP contribution in [0.1, 0.15) is 47.8 Å². The lowest BCUT2D eigenvalue weighted by atomic mass is 9.70. The number of hydrogen-bond acceptors (Lipinski definition) is 7. The zero-order valence-corrected chi connectivity index (χ0v) is 20.8. The smallest absolute Gasteiger partial charge is 0.255 e. The number of aliphatic hydroxyl groups is 2. The molecular formula is C24H23ClF2N4O5S. The molecule has 2 aliphatic rings. The van der Waals surface area contributed by atoms with Crippen LogP contribution in [0.4, 0.5) is 14.5 Å². The van der Waals surface area contributed by atoms with Gasteiger partial charge < -0.3 is 15.5 Å². The third-order valence-electron chi connectivity index (χ3n) is 7.53. The number of sulfone groups is 1. The van der Waals surface area contributed by atoms with Crippen molar-refractivity contribution in [1.29, 1.82) is 0 Å². The second-order valence-corrected chi connectivity index (χ2v) is 12.1. The fourth-order valence-corrected chi connectivity index (χ4v) is 8.04. The maximum atomic E-state index is 13.7. The first kappa shape index (κ1) is 25.7. The number of aromatic amines is 1. The van der Waals surface area contributed by atoms with Gasteiger partial charge in [0.1, 0.15) is 17.4 Å². The van der Waals surface area contributed by atoms with Crippen LogP contribution in [0, 0.1) is 23.5 Å². The molecule has 1 heterocycles. The second kappa shape index (κ2) is 9.43. The molecule has 3 aromatic rings. The number of halogens is 3. The van der Waals surface area contributed by atoms with Crippen molar-refractivity contribution in [1.82, 2.24) is 15.4 Å². The molecule has 1 amide bonds. The van der Waals surface area contributed by atoms with E-state index in [1.807, 2.05) is 0 Å². The van der Waals surface area contributed by atoms with Gasteiger partial charge in [-0.2, -0.15) is 15.4 Å². The number of carbonyl (C=O) groups is 1. The van der Waals surface area contributed by atoms with Gasteiger partial charge in [0.25, 0.3) is 5.91 Å². The van der Waals surface area contributed by atoms with Crippen LogP contribution in [-0.4, -0.2) is 50.8 Å². The average Bonchev–Trinajstić information content (AvgIpc) is 3.43. The molecule has 196 valence electrons. The Bertz CT molecular complexity index is 1440. The Labute approximate surface area is 215 Å². The SMILES string of the molecule is O=C(Nc1ccc(F)c(F)c1)c1ccc(Cl)c(S(=O)(=O)C2CC3CC[C@@H](C2)C3(O)C(O)c2cn[nH]n2)c1. The molecule has 9 nitrogen and oxygen atoms in total. The normalized spacial score (nSPS) is 26.1. The molecule has 0 aliphatic heterocycles. The summed E-state index contributed by atoms with van der Waals surface area (Å²) in [6.45, 7) is 0. The van der Waals surface area contributed by atoms with E-state index in [0.717, 1.165) is 18.2 Å². The van der Waals surface area contributed by atoms with E-state index in [1.165, 1.54) is 24.4 Å². The number of amides is 1. The molecule has 2 saturated carbocycles. The van der Waals surface area contributed by atoms with Crippen LogP contribution in [0.3, 0.4) is 0 Å². The molecule has 5 atom stereocenters. The number of benzene rings is 2. The summed E-state index contributed by atoms with van der Waals surface area (Å²) in [5.74, 6) is -3.95. The molecule has 5 rings (SSSR count). The summed E-state index contributed by atoms with van der Waals surface area (Å²) in [5, 5.41) is 33.7. The number of aliphatic hydroxyl groups excluding tert-OH is 1. The molecule has 2 aliphatic carbocycles. The molecule has 2 fully saturated rings. The highest BCUT2D eigenvalue weighted by molar-refractivity contribution is 7.92. The highest BCUT2D eigenvalue weighted by Crippen LogP contribution is 2.56. The van der Waals surface area contributed by atoms with Crippen molar-refractivity contribution < 1.29 is 32.2 Å². The zero-order chi connectivity index (χ0) is 26.5. The topological polar surface area (TPSA) is 145 Å². The van der Waals surface area contributed by atoms with Gasteiger partial charge in [-0.1, -0.05) is 11.6 Å². The molecule has 0 spiro atoms. The summed E-state index contributed by atoms with van der Waals surface area (Å²) in [4.78, 5) is 12.5. The van der Waals surface area contributed by atoms with Crippen molar-refractivity contribution in [2.45, 2.75) is 47.5 Å². The lowest BCUT2D eigenvalue weighted by molar-refractivity contribution is -0.145. The standard InChI is InChI=1S/C24H23ClF2N4O5S/c25-17-5-1-12(23(33)29-15-4-6-18(26)19(27)10-15)7-21(17)37(35,36)16-8-13-2-3-14(9-16)24(13,34)22(32)20-11-28-31-30-20/h1,4-7,10-11,13-14,16,22,32,34H,2-3,8-9H2,(H,29,33)(H,28,30,31)/t13-,14?,16?,22?,24?/m0/s1. The van der Waals surface area contributed by atoms with Gasteiger partial charge in [-0.25, -0.2) is 17.2 Å². The van der Waals surface area contributed by atoms with Gasteiger partial charge in [0.05, 0.1) is 21.4 Å². The summed E-state index contributed by atoms with van der Waals surface area (Å²) in [6, 6.07) is 6.62. The van der Waals surface area contributed by atoms with Gasteiger partial charge in [0.15, 0.2) is 21.5 Å². The largest absolute Gasteiger partial charge is 0.386 e. The Morgan fingerprint density at radius 3 is 2.46 bits per heavy atom. The average molecular weight is 553 g/mol. The van der Waals surface area contributed by atoms with Gasteiger partial charge in [-0.15, -0.1) is 0 Å². The Kier molecular flexibility index (Phi) is 6.55. The minimum atomic E-state index is -4.04. The van der Waals surface area contributed by atoms with Crippen molar-refractivity contribution in [2.75, 3.05) is 5.32 Å². The van der Waals surface area contributed by atoms with E-state index in [4.69, 9.17) is 11.6 Å². The number of nitrogens with zero attached hydrogens (tertiary/aromatic N) is 2.